The summed E-state index contributed by atoms with van der Waals surface area (Å²) in [6.45, 7) is 2.03. The fourth-order valence-corrected chi connectivity index (χ4v) is 5.11. The van der Waals surface area contributed by atoms with E-state index in [9.17, 15) is 13.2 Å². The third kappa shape index (κ3) is 5.66. The summed E-state index contributed by atoms with van der Waals surface area (Å²) in [5.41, 5.74) is 1.34. The molecule has 7 nitrogen and oxygen atoms in total. The Kier molecular flexibility index (Phi) is 7.62. The molecule has 1 saturated heterocycles. The minimum absolute atomic E-state index is 0.0166. The molecular formula is C20H23BrClN3O4S. The molecule has 1 N–H and O–H groups in total. The van der Waals surface area contributed by atoms with E-state index in [2.05, 4.69) is 26.1 Å². The Morgan fingerprint density at radius 3 is 2.43 bits per heavy atom. The van der Waals surface area contributed by atoms with Gasteiger partial charge in [-0.25, -0.2) is 8.42 Å². The van der Waals surface area contributed by atoms with Crippen molar-refractivity contribution in [2.45, 2.75) is 0 Å². The number of anilines is 1. The molecule has 2 aromatic rings. The maximum atomic E-state index is 12.7. The van der Waals surface area contributed by atoms with Crippen LogP contribution in [0.25, 0.3) is 0 Å². The predicted octanol–water partition coefficient (Wildman–Crippen LogP) is 2.99. The van der Waals surface area contributed by atoms with Gasteiger partial charge in [0.2, 0.25) is 10.0 Å². The summed E-state index contributed by atoms with van der Waals surface area (Å²) in [7, 11) is -1.85. The van der Waals surface area contributed by atoms with Gasteiger partial charge in [-0.1, -0.05) is 27.5 Å². The largest absolute Gasteiger partial charge is 0.497 e. The van der Waals surface area contributed by atoms with E-state index in [-0.39, 0.29) is 12.3 Å². The first-order valence-electron chi connectivity index (χ1n) is 9.40. The van der Waals surface area contributed by atoms with E-state index >= 15 is 0 Å². The van der Waals surface area contributed by atoms with Gasteiger partial charge in [-0.2, -0.15) is 4.31 Å². The summed E-state index contributed by atoms with van der Waals surface area (Å²) in [4.78, 5) is 14.4. The van der Waals surface area contributed by atoms with Crippen molar-refractivity contribution in [3.63, 3.8) is 0 Å². The molecule has 2 aromatic carbocycles. The molecule has 30 heavy (non-hydrogen) atoms. The van der Waals surface area contributed by atoms with E-state index in [1.165, 1.54) is 4.31 Å². The molecular weight excluding hydrogens is 494 g/mol. The van der Waals surface area contributed by atoms with Crippen LogP contribution in [0.1, 0.15) is 10.4 Å². The van der Waals surface area contributed by atoms with Gasteiger partial charge in [-0.3, -0.25) is 4.79 Å². The second kappa shape index (κ2) is 10.00. The number of nitrogens with zero attached hydrogens (tertiary/aromatic N) is 2. The minimum atomic E-state index is -3.47. The highest BCUT2D eigenvalue weighted by Crippen LogP contribution is 2.22. The number of ether oxygens (including phenoxy) is 1. The van der Waals surface area contributed by atoms with Gasteiger partial charge >= 0.3 is 0 Å². The van der Waals surface area contributed by atoms with E-state index in [1.54, 1.807) is 25.3 Å². The van der Waals surface area contributed by atoms with Crippen molar-refractivity contribution in [2.75, 3.05) is 50.5 Å². The molecule has 0 radical (unpaired) electrons. The lowest BCUT2D eigenvalue weighted by molar-refractivity contribution is 0.0956. The van der Waals surface area contributed by atoms with Crippen molar-refractivity contribution in [3.8, 4) is 5.75 Å². The van der Waals surface area contributed by atoms with Crippen LogP contribution in [0.2, 0.25) is 5.02 Å². The number of rotatable bonds is 7. The molecule has 10 heteroatoms. The van der Waals surface area contributed by atoms with Gasteiger partial charge in [0.1, 0.15) is 5.75 Å². The molecule has 0 saturated carbocycles. The molecule has 1 aliphatic heterocycles. The molecule has 0 aromatic heterocycles. The number of amides is 1. The zero-order valence-electron chi connectivity index (χ0n) is 16.5. The first kappa shape index (κ1) is 22.9. The molecule has 1 amide bonds. The zero-order chi connectivity index (χ0) is 21.7. The molecule has 0 atom stereocenters. The second-order valence-electron chi connectivity index (χ2n) is 6.78. The molecule has 162 valence electrons. The highest BCUT2D eigenvalue weighted by atomic mass is 79.9. The second-order valence-corrected chi connectivity index (χ2v) is 10.2. The van der Waals surface area contributed by atoms with E-state index in [0.29, 0.717) is 36.8 Å². The highest BCUT2D eigenvalue weighted by Gasteiger charge is 2.27. The van der Waals surface area contributed by atoms with E-state index < -0.39 is 15.9 Å². The fraction of sp³-hybridized carbons (Fsp3) is 0.350. The number of piperazine rings is 1. The SMILES string of the molecule is COc1ccc(N2CCN(S(=O)(=O)CCNC(=O)c3cc(Br)ccc3Cl)CC2)cc1. The summed E-state index contributed by atoms with van der Waals surface area (Å²) in [6.07, 6.45) is 0. The molecule has 0 bridgehead atoms. The van der Waals surface area contributed by atoms with Gasteiger partial charge in [-0.05, 0) is 42.5 Å². The van der Waals surface area contributed by atoms with Crippen LogP contribution in [0, 0.1) is 0 Å². The van der Waals surface area contributed by atoms with Crippen LogP contribution in [0.5, 0.6) is 5.75 Å². The summed E-state index contributed by atoms with van der Waals surface area (Å²) < 4.78 is 32.7. The summed E-state index contributed by atoms with van der Waals surface area (Å²) >= 11 is 9.34. The quantitative estimate of drug-likeness (QED) is 0.612. The van der Waals surface area contributed by atoms with Crippen LogP contribution in [-0.2, 0) is 10.0 Å². The van der Waals surface area contributed by atoms with Gasteiger partial charge in [0, 0.05) is 42.9 Å². The third-order valence-electron chi connectivity index (χ3n) is 4.89. The summed E-state index contributed by atoms with van der Waals surface area (Å²) in [5, 5.41) is 2.95. The Labute approximate surface area is 190 Å². The van der Waals surface area contributed by atoms with Gasteiger partial charge in [0.15, 0.2) is 0 Å². The van der Waals surface area contributed by atoms with Crippen LogP contribution in [0.3, 0.4) is 0 Å². The number of nitrogens with one attached hydrogen (secondary N) is 1. The monoisotopic (exact) mass is 515 g/mol. The lowest BCUT2D eigenvalue weighted by Gasteiger charge is -2.35. The number of sulfonamides is 1. The number of hydrogen-bond acceptors (Lipinski definition) is 5. The van der Waals surface area contributed by atoms with Gasteiger partial charge in [-0.15, -0.1) is 0 Å². The lowest BCUT2D eigenvalue weighted by atomic mass is 10.2. The smallest absolute Gasteiger partial charge is 0.252 e. The van der Waals surface area contributed by atoms with Crippen LogP contribution in [-0.4, -0.2) is 64.2 Å². The topological polar surface area (TPSA) is 79.0 Å². The van der Waals surface area contributed by atoms with Crippen molar-refractivity contribution in [3.05, 3.63) is 57.5 Å². The van der Waals surface area contributed by atoms with Crippen molar-refractivity contribution in [1.82, 2.24) is 9.62 Å². The van der Waals surface area contributed by atoms with Crippen molar-refractivity contribution in [1.29, 1.82) is 0 Å². The molecule has 1 heterocycles. The van der Waals surface area contributed by atoms with E-state index in [4.69, 9.17) is 16.3 Å². The first-order chi connectivity index (χ1) is 14.3. The van der Waals surface area contributed by atoms with Crippen molar-refractivity contribution in [2.24, 2.45) is 0 Å². The molecule has 1 aliphatic rings. The number of halogens is 2. The number of carbonyl (C=O) groups excluding carboxylic acids is 1. The average Bonchev–Trinajstić information content (AvgIpc) is 2.75. The standard InChI is InChI=1S/C20H23BrClN3O4S/c1-29-17-5-3-16(4-6-17)24-9-11-25(12-10-24)30(27,28)13-8-23-20(26)18-14-15(21)2-7-19(18)22/h2-7,14H,8-13H2,1H3,(H,23,26). The predicted molar refractivity (Wildman–Crippen MR) is 122 cm³/mol. The van der Waals surface area contributed by atoms with Crippen molar-refractivity contribution >= 4 is 49.1 Å². The van der Waals surface area contributed by atoms with Gasteiger partial charge in [0.25, 0.3) is 5.91 Å². The Morgan fingerprint density at radius 2 is 1.80 bits per heavy atom. The van der Waals surface area contributed by atoms with Crippen LogP contribution < -0.4 is 15.0 Å². The Hall–Kier alpha value is -1.81. The van der Waals surface area contributed by atoms with Crippen molar-refractivity contribution < 1.29 is 17.9 Å². The minimum Gasteiger partial charge on any atom is -0.497 e. The van der Waals surface area contributed by atoms with Crippen LogP contribution >= 0.6 is 27.5 Å². The van der Waals surface area contributed by atoms with Gasteiger partial charge in [0.05, 0.1) is 23.4 Å². The summed E-state index contributed by atoms with van der Waals surface area (Å²) in [5.74, 6) is 0.222. The third-order valence-corrected chi connectivity index (χ3v) is 7.58. The fourth-order valence-electron chi connectivity index (χ4n) is 3.21. The van der Waals surface area contributed by atoms with E-state index in [1.807, 2.05) is 24.3 Å². The van der Waals surface area contributed by atoms with Crippen LogP contribution in [0.15, 0.2) is 46.9 Å². The molecule has 1 fully saturated rings. The number of methoxy groups -OCH3 is 1. The molecule has 0 aliphatic carbocycles. The molecule has 0 spiro atoms. The zero-order valence-corrected chi connectivity index (χ0v) is 19.6. The Morgan fingerprint density at radius 1 is 1.13 bits per heavy atom. The maximum absolute atomic E-state index is 12.7. The summed E-state index contributed by atoms with van der Waals surface area (Å²) in [6, 6.07) is 12.6. The number of carbonyl (C=O) groups is 1. The highest BCUT2D eigenvalue weighted by molar-refractivity contribution is 9.10. The Bertz CT molecular complexity index is 994. The van der Waals surface area contributed by atoms with Crippen LogP contribution in [0.4, 0.5) is 5.69 Å². The molecule has 0 unspecified atom stereocenters. The lowest BCUT2D eigenvalue weighted by Crippen LogP contribution is -2.50. The van der Waals surface area contributed by atoms with E-state index in [0.717, 1.165) is 15.9 Å². The number of benzene rings is 2. The normalized spacial score (nSPS) is 15.1. The first-order valence-corrected chi connectivity index (χ1v) is 12.2. The Balaban J connectivity index is 1.50. The average molecular weight is 517 g/mol. The number of hydrogen-bond donors (Lipinski definition) is 1. The molecule has 3 rings (SSSR count). The maximum Gasteiger partial charge on any atom is 0.252 e. The van der Waals surface area contributed by atoms with Gasteiger partial charge < -0.3 is 15.0 Å².